The van der Waals surface area contributed by atoms with Crippen molar-refractivity contribution in [3.8, 4) is 5.88 Å². The minimum absolute atomic E-state index is 0.213. The molecule has 0 amide bonds. The summed E-state index contributed by atoms with van der Waals surface area (Å²) < 4.78 is 5.82. The molecule has 25 heavy (non-hydrogen) atoms. The first-order chi connectivity index (χ1) is 12.1. The van der Waals surface area contributed by atoms with E-state index < -0.39 is 0 Å². The van der Waals surface area contributed by atoms with Crippen LogP contribution in [-0.2, 0) is 6.61 Å². The maximum atomic E-state index is 6.19. The lowest BCUT2D eigenvalue weighted by Gasteiger charge is -2.10. The first kappa shape index (κ1) is 17.8. The summed E-state index contributed by atoms with van der Waals surface area (Å²) in [5.74, 6) is 0.623. The zero-order valence-electron chi connectivity index (χ0n) is 13.2. The first-order valence-electron chi connectivity index (χ1n) is 7.28. The summed E-state index contributed by atoms with van der Waals surface area (Å²) in [5.41, 5.74) is 8.03. The second-order valence-electron chi connectivity index (χ2n) is 5.02. The van der Waals surface area contributed by atoms with Gasteiger partial charge < -0.3 is 10.5 Å². The largest absolute Gasteiger partial charge is 0.470 e. The van der Waals surface area contributed by atoms with Crippen molar-refractivity contribution in [3.05, 3.63) is 58.1 Å². The van der Waals surface area contributed by atoms with Gasteiger partial charge in [0.15, 0.2) is 5.17 Å². The van der Waals surface area contributed by atoms with Crippen molar-refractivity contribution in [3.63, 3.8) is 0 Å². The summed E-state index contributed by atoms with van der Waals surface area (Å²) in [6.07, 6.45) is 1.83. The number of halogens is 2. The maximum absolute atomic E-state index is 6.19. The number of amidine groups is 1. The number of nitrogens with zero attached hydrogens (tertiary/aromatic N) is 3. The van der Waals surface area contributed by atoms with Crippen molar-refractivity contribution < 1.29 is 4.74 Å². The molecule has 0 radical (unpaired) electrons. The minimum atomic E-state index is 0.213. The van der Waals surface area contributed by atoms with E-state index in [-0.39, 0.29) is 6.61 Å². The van der Waals surface area contributed by atoms with E-state index in [0.29, 0.717) is 37.9 Å². The molecule has 0 aliphatic carbocycles. The highest BCUT2D eigenvalue weighted by atomic mass is 35.5. The van der Waals surface area contributed by atoms with Crippen LogP contribution in [0.5, 0.6) is 5.88 Å². The van der Waals surface area contributed by atoms with Gasteiger partial charge in [-0.15, -0.1) is 0 Å². The van der Waals surface area contributed by atoms with Gasteiger partial charge in [0.05, 0.1) is 11.0 Å². The van der Waals surface area contributed by atoms with Crippen LogP contribution in [0.2, 0.25) is 10.0 Å². The predicted octanol–water partition coefficient (Wildman–Crippen LogP) is 4.82. The molecular formula is C17H14Cl2N4OS. The molecule has 0 aliphatic heterocycles. The van der Waals surface area contributed by atoms with E-state index in [1.54, 1.807) is 18.2 Å². The number of para-hydroxylation sites is 2. The number of hydrogen-bond acceptors (Lipinski definition) is 5. The molecule has 3 rings (SSSR count). The second-order valence-corrected chi connectivity index (χ2v) is 6.69. The Morgan fingerprint density at radius 2 is 1.88 bits per heavy atom. The number of hydrogen-bond donors (Lipinski definition) is 1. The summed E-state index contributed by atoms with van der Waals surface area (Å²) in [7, 11) is 0. The zero-order valence-corrected chi connectivity index (χ0v) is 15.6. The third-order valence-corrected chi connectivity index (χ3v) is 4.42. The highest BCUT2D eigenvalue weighted by Gasteiger charge is 2.12. The molecule has 0 spiro atoms. The van der Waals surface area contributed by atoms with Crippen molar-refractivity contribution in [2.45, 2.75) is 6.61 Å². The number of aliphatic imine (C=N–C) groups is 1. The number of benzene rings is 2. The van der Waals surface area contributed by atoms with Crippen LogP contribution in [0.1, 0.15) is 5.56 Å². The summed E-state index contributed by atoms with van der Waals surface area (Å²) in [4.78, 5) is 13.3. The lowest BCUT2D eigenvalue weighted by atomic mass is 10.2. The van der Waals surface area contributed by atoms with Crippen molar-refractivity contribution >= 4 is 57.0 Å². The van der Waals surface area contributed by atoms with Gasteiger partial charge in [-0.25, -0.2) is 15.0 Å². The van der Waals surface area contributed by atoms with Gasteiger partial charge in [-0.2, -0.15) is 0 Å². The molecule has 0 aliphatic rings. The molecule has 128 valence electrons. The number of ether oxygens (including phenoxy) is 1. The van der Waals surface area contributed by atoms with Crippen molar-refractivity contribution in [1.29, 1.82) is 0 Å². The summed E-state index contributed by atoms with van der Waals surface area (Å²) in [6, 6.07) is 12.7. The van der Waals surface area contributed by atoms with Gasteiger partial charge in [-0.3, -0.25) is 0 Å². The summed E-state index contributed by atoms with van der Waals surface area (Å²) in [5, 5.41) is 1.46. The fraction of sp³-hybridized carbons (Fsp3) is 0.118. The Morgan fingerprint density at radius 1 is 1.16 bits per heavy atom. The van der Waals surface area contributed by atoms with E-state index in [2.05, 4.69) is 15.0 Å². The minimum Gasteiger partial charge on any atom is -0.470 e. The van der Waals surface area contributed by atoms with Crippen molar-refractivity contribution in [2.24, 2.45) is 10.7 Å². The predicted molar refractivity (Wildman–Crippen MR) is 105 cm³/mol. The lowest BCUT2D eigenvalue weighted by molar-refractivity contribution is 0.295. The van der Waals surface area contributed by atoms with E-state index in [9.17, 15) is 0 Å². The fourth-order valence-electron chi connectivity index (χ4n) is 2.08. The molecule has 0 fully saturated rings. The van der Waals surface area contributed by atoms with E-state index in [0.717, 1.165) is 5.56 Å². The average molecular weight is 393 g/mol. The van der Waals surface area contributed by atoms with Crippen LogP contribution in [0, 0.1) is 0 Å². The molecule has 5 nitrogen and oxygen atoms in total. The Bertz CT molecular complexity index is 949. The maximum Gasteiger partial charge on any atom is 0.260 e. The molecule has 2 aromatic carbocycles. The van der Waals surface area contributed by atoms with Crippen LogP contribution in [0.3, 0.4) is 0 Å². The molecule has 0 atom stereocenters. The summed E-state index contributed by atoms with van der Waals surface area (Å²) >= 11 is 13.4. The van der Waals surface area contributed by atoms with E-state index in [1.807, 2.05) is 30.5 Å². The fourth-order valence-corrected chi connectivity index (χ4v) is 2.72. The Kier molecular flexibility index (Phi) is 5.63. The van der Waals surface area contributed by atoms with Crippen LogP contribution in [0.15, 0.2) is 47.5 Å². The second kappa shape index (κ2) is 7.91. The number of nitrogens with two attached hydrogens (primary N) is 1. The van der Waals surface area contributed by atoms with Crippen LogP contribution in [-0.4, -0.2) is 21.4 Å². The van der Waals surface area contributed by atoms with Gasteiger partial charge in [0.1, 0.15) is 6.61 Å². The van der Waals surface area contributed by atoms with Gasteiger partial charge >= 0.3 is 0 Å². The topological polar surface area (TPSA) is 73.4 Å². The summed E-state index contributed by atoms with van der Waals surface area (Å²) in [6.45, 7) is 0.213. The third kappa shape index (κ3) is 4.34. The quantitative estimate of drug-likeness (QED) is 0.508. The molecule has 0 saturated heterocycles. The van der Waals surface area contributed by atoms with Crippen molar-refractivity contribution in [2.75, 3.05) is 6.26 Å². The van der Waals surface area contributed by atoms with E-state index >= 15 is 0 Å². The van der Waals surface area contributed by atoms with Crippen LogP contribution in [0.25, 0.3) is 11.0 Å². The smallest absolute Gasteiger partial charge is 0.260 e. The van der Waals surface area contributed by atoms with Gasteiger partial charge in [-0.05, 0) is 30.5 Å². The highest BCUT2D eigenvalue weighted by Crippen LogP contribution is 2.29. The van der Waals surface area contributed by atoms with Crippen LogP contribution >= 0.6 is 35.0 Å². The molecule has 0 bridgehead atoms. The van der Waals surface area contributed by atoms with Gasteiger partial charge in [0.2, 0.25) is 5.82 Å². The van der Waals surface area contributed by atoms with Crippen LogP contribution < -0.4 is 10.5 Å². The molecule has 1 aromatic heterocycles. The SMILES string of the molecule is CSC(N)=Nc1nc2ccccc2nc1OCc1ccc(Cl)cc1Cl. The molecule has 0 saturated carbocycles. The Hall–Kier alpha value is -2.02. The first-order valence-corrected chi connectivity index (χ1v) is 9.26. The zero-order chi connectivity index (χ0) is 17.8. The number of aromatic nitrogens is 2. The monoisotopic (exact) mass is 392 g/mol. The molecule has 3 aromatic rings. The third-order valence-electron chi connectivity index (χ3n) is 3.33. The Morgan fingerprint density at radius 3 is 2.56 bits per heavy atom. The molecule has 1 heterocycles. The molecule has 0 unspecified atom stereocenters. The van der Waals surface area contributed by atoms with Gasteiger partial charge in [0.25, 0.3) is 5.88 Å². The van der Waals surface area contributed by atoms with E-state index in [4.69, 9.17) is 33.7 Å². The number of rotatable bonds is 4. The lowest BCUT2D eigenvalue weighted by Crippen LogP contribution is -2.06. The van der Waals surface area contributed by atoms with Crippen molar-refractivity contribution in [1.82, 2.24) is 9.97 Å². The standard InChI is InChI=1S/C17H14Cl2N4OS/c1-25-17(20)23-15-16(22-14-5-3-2-4-13(14)21-15)24-9-10-6-7-11(18)8-12(10)19/h2-8H,9H2,1H3,(H2,20,21,23). The Balaban J connectivity index is 1.96. The van der Waals surface area contributed by atoms with E-state index in [1.165, 1.54) is 11.8 Å². The van der Waals surface area contributed by atoms with Gasteiger partial charge in [0, 0.05) is 15.6 Å². The number of thioether (sulfide) groups is 1. The van der Waals surface area contributed by atoms with Crippen LogP contribution in [0.4, 0.5) is 5.82 Å². The Labute approximate surface area is 159 Å². The average Bonchev–Trinajstić information content (AvgIpc) is 2.61. The molecule has 8 heteroatoms. The van der Waals surface area contributed by atoms with Gasteiger partial charge in [-0.1, -0.05) is 53.2 Å². The molecular weight excluding hydrogens is 379 g/mol. The highest BCUT2D eigenvalue weighted by molar-refractivity contribution is 8.13. The normalized spacial score (nSPS) is 11.7. The number of fused-ring (bicyclic) bond motifs is 1. The molecule has 2 N–H and O–H groups in total.